The monoisotopic (exact) mass is 385 g/mol. The summed E-state index contributed by atoms with van der Waals surface area (Å²) in [4.78, 5) is 17.6. The molecule has 0 spiro atoms. The highest BCUT2D eigenvalue weighted by molar-refractivity contribution is 8.00. The van der Waals surface area contributed by atoms with Crippen molar-refractivity contribution >= 4 is 29.3 Å². The number of nitrogens with zero attached hydrogens (tertiary/aromatic N) is 2. The molecule has 1 heterocycles. The molecule has 0 radical (unpaired) electrons. The van der Waals surface area contributed by atoms with Crippen molar-refractivity contribution < 1.29 is 4.79 Å². The van der Waals surface area contributed by atoms with Crippen molar-refractivity contribution in [3.05, 3.63) is 77.8 Å². The lowest BCUT2D eigenvalue weighted by atomic mass is 10.2. The van der Waals surface area contributed by atoms with Gasteiger partial charge in [-0.25, -0.2) is 4.98 Å². The summed E-state index contributed by atoms with van der Waals surface area (Å²) in [5, 5.41) is 3.61. The van der Waals surface area contributed by atoms with Crippen LogP contribution in [0.25, 0.3) is 5.69 Å². The maximum atomic E-state index is 12.5. The van der Waals surface area contributed by atoms with Crippen LogP contribution in [0.2, 0.25) is 5.02 Å². The molecule has 0 saturated carbocycles. The number of amides is 1. The highest BCUT2D eigenvalue weighted by Gasteiger charge is 2.17. The van der Waals surface area contributed by atoms with E-state index in [0.29, 0.717) is 11.6 Å². The lowest BCUT2D eigenvalue weighted by Gasteiger charge is -2.15. The Morgan fingerprint density at radius 3 is 2.54 bits per heavy atom. The van der Waals surface area contributed by atoms with Gasteiger partial charge in [0.25, 0.3) is 0 Å². The minimum atomic E-state index is -0.124. The highest BCUT2D eigenvalue weighted by Crippen LogP contribution is 2.26. The minimum absolute atomic E-state index is 0.0473. The van der Waals surface area contributed by atoms with E-state index in [1.807, 2.05) is 66.2 Å². The number of nitrogens with one attached hydrogen (secondary N) is 1. The quantitative estimate of drug-likeness (QED) is 0.599. The third-order valence-electron chi connectivity index (χ3n) is 3.96. The number of hydrogen-bond donors (Lipinski definition) is 1. The summed E-state index contributed by atoms with van der Waals surface area (Å²) >= 11 is 7.47. The van der Waals surface area contributed by atoms with Crippen LogP contribution in [0.15, 0.2) is 72.1 Å². The Bertz CT molecular complexity index is 833. The molecule has 0 aliphatic carbocycles. The van der Waals surface area contributed by atoms with Crippen LogP contribution < -0.4 is 5.32 Å². The van der Waals surface area contributed by atoms with Gasteiger partial charge in [-0.1, -0.05) is 30.7 Å². The zero-order valence-electron chi connectivity index (χ0n) is 14.4. The Labute approximate surface area is 162 Å². The molecule has 4 nitrogen and oxygen atoms in total. The van der Waals surface area contributed by atoms with Crippen LogP contribution in [0.1, 0.15) is 18.9 Å². The number of imidazole rings is 1. The highest BCUT2D eigenvalue weighted by atomic mass is 35.5. The Kier molecular flexibility index (Phi) is 6.36. The number of carbonyl (C=O) groups excluding carboxylic acids is 1. The third-order valence-corrected chi connectivity index (χ3v) is 5.59. The summed E-state index contributed by atoms with van der Waals surface area (Å²) in [6.07, 6.45) is 6.17. The number of hydrogen-bond acceptors (Lipinski definition) is 3. The largest absolute Gasteiger partial charge is 0.351 e. The topological polar surface area (TPSA) is 46.9 Å². The number of benzene rings is 2. The second-order valence-electron chi connectivity index (χ2n) is 5.82. The third kappa shape index (κ3) is 4.90. The zero-order valence-corrected chi connectivity index (χ0v) is 16.0. The van der Waals surface area contributed by atoms with E-state index in [1.54, 1.807) is 24.3 Å². The van der Waals surface area contributed by atoms with Crippen molar-refractivity contribution in [3.8, 4) is 5.69 Å². The number of thioether (sulfide) groups is 1. The van der Waals surface area contributed by atoms with Gasteiger partial charge in [-0.2, -0.15) is 0 Å². The molecule has 1 atom stereocenters. The van der Waals surface area contributed by atoms with Gasteiger partial charge < -0.3 is 9.88 Å². The fourth-order valence-corrected chi connectivity index (χ4v) is 3.61. The molecule has 0 aliphatic rings. The van der Waals surface area contributed by atoms with Gasteiger partial charge in [-0.05, 0) is 48.4 Å². The molecule has 1 aromatic heterocycles. The van der Waals surface area contributed by atoms with Gasteiger partial charge in [0, 0.05) is 34.5 Å². The minimum Gasteiger partial charge on any atom is -0.351 e. The standard InChI is InChI=1S/C20H20ClN3OS/c1-2-19(26-18-9-5-16(21)6-10-18)20(25)23-13-15-3-7-17(8-4-15)24-12-11-22-14-24/h3-12,14,19H,2,13H2,1H3,(H,23,25)/t19-/m1/s1. The molecule has 3 rings (SSSR count). The molecule has 0 aliphatic heterocycles. The van der Waals surface area contributed by atoms with E-state index in [1.165, 1.54) is 0 Å². The van der Waals surface area contributed by atoms with Gasteiger partial charge in [0.05, 0.1) is 11.6 Å². The average molecular weight is 386 g/mol. The normalized spacial score (nSPS) is 11.9. The number of carbonyl (C=O) groups is 1. The van der Waals surface area contributed by atoms with E-state index in [2.05, 4.69) is 10.3 Å². The van der Waals surface area contributed by atoms with E-state index in [-0.39, 0.29) is 11.2 Å². The molecule has 1 amide bonds. The maximum absolute atomic E-state index is 12.5. The summed E-state index contributed by atoms with van der Waals surface area (Å²) in [5.74, 6) is 0.0473. The Morgan fingerprint density at radius 2 is 1.92 bits per heavy atom. The van der Waals surface area contributed by atoms with E-state index in [4.69, 9.17) is 11.6 Å². The Hall–Kier alpha value is -2.24. The zero-order chi connectivity index (χ0) is 18.4. The SMILES string of the molecule is CC[C@@H](Sc1ccc(Cl)cc1)C(=O)NCc1ccc(-n2ccnc2)cc1. The second kappa shape index (κ2) is 8.92. The fourth-order valence-electron chi connectivity index (χ4n) is 2.50. The summed E-state index contributed by atoms with van der Waals surface area (Å²) < 4.78 is 1.94. The predicted octanol–water partition coefficient (Wildman–Crippen LogP) is 4.71. The molecular weight excluding hydrogens is 366 g/mol. The van der Waals surface area contributed by atoms with E-state index in [0.717, 1.165) is 22.6 Å². The van der Waals surface area contributed by atoms with Crippen molar-refractivity contribution in [3.63, 3.8) is 0 Å². The van der Waals surface area contributed by atoms with Crippen molar-refractivity contribution in [2.75, 3.05) is 0 Å². The molecule has 6 heteroatoms. The van der Waals surface area contributed by atoms with Crippen molar-refractivity contribution in [1.82, 2.24) is 14.9 Å². The van der Waals surface area contributed by atoms with Gasteiger partial charge in [-0.3, -0.25) is 4.79 Å². The first-order valence-electron chi connectivity index (χ1n) is 8.43. The Balaban J connectivity index is 1.55. The molecule has 134 valence electrons. The molecule has 1 N–H and O–H groups in total. The molecule has 0 saturated heterocycles. The van der Waals surface area contributed by atoms with Gasteiger partial charge >= 0.3 is 0 Å². The molecule has 0 fully saturated rings. The van der Waals surface area contributed by atoms with Gasteiger partial charge in [0.1, 0.15) is 0 Å². The lowest BCUT2D eigenvalue weighted by molar-refractivity contribution is -0.120. The van der Waals surface area contributed by atoms with Crippen LogP contribution in [0.4, 0.5) is 0 Å². The summed E-state index contributed by atoms with van der Waals surface area (Å²) in [6.45, 7) is 2.54. The Morgan fingerprint density at radius 1 is 1.19 bits per heavy atom. The van der Waals surface area contributed by atoms with Gasteiger partial charge in [0.15, 0.2) is 0 Å². The number of halogens is 1. The van der Waals surface area contributed by atoms with Crippen molar-refractivity contribution in [2.45, 2.75) is 30.0 Å². The first-order valence-corrected chi connectivity index (χ1v) is 9.68. The van der Waals surface area contributed by atoms with Crippen LogP contribution in [0.5, 0.6) is 0 Å². The van der Waals surface area contributed by atoms with Crippen LogP contribution in [-0.4, -0.2) is 20.7 Å². The summed E-state index contributed by atoms with van der Waals surface area (Å²) in [5.41, 5.74) is 2.11. The second-order valence-corrected chi connectivity index (χ2v) is 7.54. The first-order chi connectivity index (χ1) is 12.7. The molecule has 3 aromatic rings. The summed E-state index contributed by atoms with van der Waals surface area (Å²) in [6, 6.07) is 15.6. The smallest absolute Gasteiger partial charge is 0.233 e. The van der Waals surface area contributed by atoms with Crippen LogP contribution in [-0.2, 0) is 11.3 Å². The lowest BCUT2D eigenvalue weighted by Crippen LogP contribution is -2.31. The van der Waals surface area contributed by atoms with Gasteiger partial charge in [0.2, 0.25) is 5.91 Å². The van der Waals surface area contributed by atoms with Gasteiger partial charge in [-0.15, -0.1) is 11.8 Å². The number of rotatable bonds is 7. The number of aromatic nitrogens is 2. The summed E-state index contributed by atoms with van der Waals surface area (Å²) in [7, 11) is 0. The molecule has 0 bridgehead atoms. The first kappa shape index (κ1) is 18.5. The molecule has 26 heavy (non-hydrogen) atoms. The van der Waals surface area contributed by atoms with E-state index < -0.39 is 0 Å². The molecular formula is C20H20ClN3OS. The van der Waals surface area contributed by atoms with Crippen LogP contribution in [0.3, 0.4) is 0 Å². The van der Waals surface area contributed by atoms with E-state index in [9.17, 15) is 4.79 Å². The molecule has 2 aromatic carbocycles. The van der Waals surface area contributed by atoms with Crippen molar-refractivity contribution in [1.29, 1.82) is 0 Å². The van der Waals surface area contributed by atoms with Crippen LogP contribution in [0, 0.1) is 0 Å². The average Bonchev–Trinajstić information content (AvgIpc) is 3.21. The van der Waals surface area contributed by atoms with E-state index >= 15 is 0 Å². The van der Waals surface area contributed by atoms with Crippen LogP contribution >= 0.6 is 23.4 Å². The predicted molar refractivity (Wildman–Crippen MR) is 107 cm³/mol. The van der Waals surface area contributed by atoms with Crippen molar-refractivity contribution in [2.24, 2.45) is 0 Å². The maximum Gasteiger partial charge on any atom is 0.233 e. The fraction of sp³-hybridized carbons (Fsp3) is 0.200. The molecule has 0 unspecified atom stereocenters.